The lowest BCUT2D eigenvalue weighted by atomic mass is 10.2. The number of amides is 1. The van der Waals surface area contributed by atoms with Crippen LogP contribution < -0.4 is 5.32 Å². The lowest BCUT2D eigenvalue weighted by Crippen LogP contribution is -2.31. The van der Waals surface area contributed by atoms with Crippen LogP contribution in [0.5, 0.6) is 0 Å². The van der Waals surface area contributed by atoms with Crippen molar-refractivity contribution in [1.82, 2.24) is 10.3 Å². The topological polar surface area (TPSA) is 68.3 Å². The van der Waals surface area contributed by atoms with Crippen LogP contribution in [-0.4, -0.2) is 30.0 Å². The minimum absolute atomic E-state index is 0.124. The fourth-order valence-electron chi connectivity index (χ4n) is 1.18. The Labute approximate surface area is 93.8 Å². The number of carbonyl (C=O) groups excluding carboxylic acids is 2. The summed E-state index contributed by atoms with van der Waals surface area (Å²) in [6, 6.07) is 3.33. The Hall–Kier alpha value is -1.91. The van der Waals surface area contributed by atoms with Gasteiger partial charge >= 0.3 is 5.97 Å². The predicted molar refractivity (Wildman–Crippen MR) is 57.9 cm³/mol. The first-order chi connectivity index (χ1) is 7.65. The van der Waals surface area contributed by atoms with E-state index >= 15 is 0 Å². The Balaban J connectivity index is 2.54. The molecule has 0 aliphatic heterocycles. The summed E-state index contributed by atoms with van der Waals surface area (Å²) >= 11 is 0. The van der Waals surface area contributed by atoms with Crippen LogP contribution in [0, 0.1) is 6.92 Å². The highest BCUT2D eigenvalue weighted by atomic mass is 16.5. The first kappa shape index (κ1) is 12.2. The van der Waals surface area contributed by atoms with E-state index in [4.69, 9.17) is 0 Å². The third-order valence-electron chi connectivity index (χ3n) is 1.95. The Morgan fingerprint density at radius 3 is 2.88 bits per heavy atom. The molecule has 0 aliphatic rings. The van der Waals surface area contributed by atoms with E-state index in [0.29, 0.717) is 17.9 Å². The van der Waals surface area contributed by atoms with Gasteiger partial charge in [0.2, 0.25) is 0 Å². The van der Waals surface area contributed by atoms with Gasteiger partial charge in [0.25, 0.3) is 5.91 Å². The average molecular weight is 222 g/mol. The summed E-state index contributed by atoms with van der Waals surface area (Å²) in [7, 11) is 0. The summed E-state index contributed by atoms with van der Waals surface area (Å²) in [6.07, 6.45) is 1.61. The van der Waals surface area contributed by atoms with Crippen molar-refractivity contribution in [2.75, 3.05) is 13.2 Å². The predicted octanol–water partition coefficient (Wildman–Crippen LogP) is 0.683. The molecule has 0 saturated heterocycles. The van der Waals surface area contributed by atoms with Gasteiger partial charge in [-0.2, -0.15) is 0 Å². The maximum absolute atomic E-state index is 11.6. The van der Waals surface area contributed by atoms with Crippen LogP contribution in [0.4, 0.5) is 0 Å². The number of nitrogens with zero attached hydrogens (tertiary/aromatic N) is 1. The molecule has 0 aliphatic carbocycles. The largest absolute Gasteiger partial charge is 0.465 e. The molecule has 1 rings (SSSR count). The summed E-state index contributed by atoms with van der Waals surface area (Å²) in [5.41, 5.74) is 1.09. The van der Waals surface area contributed by atoms with Gasteiger partial charge in [0.05, 0.1) is 12.2 Å². The van der Waals surface area contributed by atoms with E-state index in [2.05, 4.69) is 15.0 Å². The quantitative estimate of drug-likeness (QED) is 0.761. The number of rotatable bonds is 4. The van der Waals surface area contributed by atoms with Crippen LogP contribution in [0.1, 0.15) is 23.0 Å². The van der Waals surface area contributed by atoms with Crippen molar-refractivity contribution in [3.05, 3.63) is 29.6 Å². The van der Waals surface area contributed by atoms with Crippen LogP contribution >= 0.6 is 0 Å². The Bertz CT molecular complexity index is 391. The second kappa shape index (κ2) is 5.85. The second-order valence-corrected chi connectivity index (χ2v) is 3.12. The summed E-state index contributed by atoms with van der Waals surface area (Å²) in [5.74, 6) is -0.768. The van der Waals surface area contributed by atoms with Crippen molar-refractivity contribution in [2.45, 2.75) is 13.8 Å². The smallest absolute Gasteiger partial charge is 0.325 e. The molecule has 86 valence electrons. The SMILES string of the molecule is CCOC(=O)CNC(=O)c1cccnc1C. The molecule has 0 atom stereocenters. The monoisotopic (exact) mass is 222 g/mol. The van der Waals surface area contributed by atoms with Crippen LogP contribution in [0.15, 0.2) is 18.3 Å². The van der Waals surface area contributed by atoms with E-state index in [-0.39, 0.29) is 12.5 Å². The lowest BCUT2D eigenvalue weighted by Gasteiger charge is -2.06. The van der Waals surface area contributed by atoms with E-state index in [0.717, 1.165) is 0 Å². The summed E-state index contributed by atoms with van der Waals surface area (Å²) in [6.45, 7) is 3.63. The van der Waals surface area contributed by atoms with E-state index in [1.54, 1.807) is 32.2 Å². The van der Waals surface area contributed by atoms with Crippen molar-refractivity contribution in [1.29, 1.82) is 0 Å². The third-order valence-corrected chi connectivity index (χ3v) is 1.95. The van der Waals surface area contributed by atoms with Crippen molar-refractivity contribution < 1.29 is 14.3 Å². The van der Waals surface area contributed by atoms with Crippen LogP contribution in [0.2, 0.25) is 0 Å². The van der Waals surface area contributed by atoms with Crippen molar-refractivity contribution >= 4 is 11.9 Å². The summed E-state index contributed by atoms with van der Waals surface area (Å²) in [5, 5.41) is 2.47. The summed E-state index contributed by atoms with van der Waals surface area (Å²) < 4.78 is 4.69. The molecule has 1 heterocycles. The molecule has 5 nitrogen and oxygen atoms in total. The molecule has 1 aromatic heterocycles. The number of esters is 1. The molecule has 0 spiro atoms. The first-order valence-electron chi connectivity index (χ1n) is 5.00. The normalized spacial score (nSPS) is 9.62. The van der Waals surface area contributed by atoms with E-state index in [9.17, 15) is 9.59 Å². The number of nitrogens with one attached hydrogen (secondary N) is 1. The summed E-state index contributed by atoms with van der Waals surface area (Å²) in [4.78, 5) is 26.6. The number of aryl methyl sites for hydroxylation is 1. The maximum atomic E-state index is 11.6. The van der Waals surface area contributed by atoms with Gasteiger partial charge in [0.15, 0.2) is 0 Å². The first-order valence-corrected chi connectivity index (χ1v) is 5.00. The Morgan fingerprint density at radius 2 is 2.25 bits per heavy atom. The second-order valence-electron chi connectivity index (χ2n) is 3.12. The van der Waals surface area contributed by atoms with Gasteiger partial charge in [-0.1, -0.05) is 0 Å². The van der Waals surface area contributed by atoms with Gasteiger partial charge in [-0.3, -0.25) is 14.6 Å². The lowest BCUT2D eigenvalue weighted by molar-refractivity contribution is -0.141. The highest BCUT2D eigenvalue weighted by Crippen LogP contribution is 2.02. The highest BCUT2D eigenvalue weighted by Gasteiger charge is 2.10. The number of carbonyl (C=O) groups is 2. The fraction of sp³-hybridized carbons (Fsp3) is 0.364. The van der Waals surface area contributed by atoms with Crippen LogP contribution in [0.3, 0.4) is 0 Å². The Morgan fingerprint density at radius 1 is 1.50 bits per heavy atom. The number of hydrogen-bond donors (Lipinski definition) is 1. The molecule has 0 unspecified atom stereocenters. The molecular formula is C11H14N2O3. The molecule has 0 bridgehead atoms. The van der Waals surface area contributed by atoms with Gasteiger partial charge in [0.1, 0.15) is 6.54 Å². The standard InChI is InChI=1S/C11H14N2O3/c1-3-16-10(14)7-13-11(15)9-5-4-6-12-8(9)2/h4-6H,3,7H2,1-2H3,(H,13,15). The minimum Gasteiger partial charge on any atom is -0.465 e. The maximum Gasteiger partial charge on any atom is 0.325 e. The molecule has 0 aromatic carbocycles. The van der Waals surface area contributed by atoms with Crippen molar-refractivity contribution in [2.24, 2.45) is 0 Å². The zero-order chi connectivity index (χ0) is 12.0. The molecule has 1 N–H and O–H groups in total. The van der Waals surface area contributed by atoms with Crippen molar-refractivity contribution in [3.8, 4) is 0 Å². The van der Waals surface area contributed by atoms with Crippen LogP contribution in [0.25, 0.3) is 0 Å². The molecule has 5 heteroatoms. The highest BCUT2D eigenvalue weighted by molar-refractivity contribution is 5.96. The Kier molecular flexibility index (Phi) is 4.44. The van der Waals surface area contributed by atoms with Gasteiger partial charge in [-0.25, -0.2) is 0 Å². The number of hydrogen-bond acceptors (Lipinski definition) is 4. The van der Waals surface area contributed by atoms with Gasteiger partial charge < -0.3 is 10.1 Å². The molecule has 1 aromatic rings. The number of aromatic nitrogens is 1. The zero-order valence-corrected chi connectivity index (χ0v) is 9.32. The fourth-order valence-corrected chi connectivity index (χ4v) is 1.18. The molecular weight excluding hydrogens is 208 g/mol. The third kappa shape index (κ3) is 3.34. The van der Waals surface area contributed by atoms with Gasteiger partial charge in [-0.05, 0) is 26.0 Å². The van der Waals surface area contributed by atoms with Crippen molar-refractivity contribution in [3.63, 3.8) is 0 Å². The number of pyridine rings is 1. The molecule has 0 saturated carbocycles. The molecule has 0 fully saturated rings. The minimum atomic E-state index is -0.447. The van der Waals surface area contributed by atoms with E-state index in [1.165, 1.54) is 0 Å². The molecule has 1 amide bonds. The molecule has 0 radical (unpaired) electrons. The molecule has 16 heavy (non-hydrogen) atoms. The van der Waals surface area contributed by atoms with E-state index < -0.39 is 5.97 Å². The van der Waals surface area contributed by atoms with E-state index in [1.807, 2.05) is 0 Å². The van der Waals surface area contributed by atoms with Crippen LogP contribution in [-0.2, 0) is 9.53 Å². The van der Waals surface area contributed by atoms with Gasteiger partial charge in [0, 0.05) is 11.9 Å². The zero-order valence-electron chi connectivity index (χ0n) is 9.32. The van der Waals surface area contributed by atoms with Gasteiger partial charge in [-0.15, -0.1) is 0 Å². The average Bonchev–Trinajstić information content (AvgIpc) is 2.27. The number of ether oxygens (including phenoxy) is 1.